The van der Waals surface area contributed by atoms with Crippen LogP contribution < -0.4 is 18.9 Å². The van der Waals surface area contributed by atoms with Gasteiger partial charge in [0.1, 0.15) is 36.2 Å². The van der Waals surface area contributed by atoms with E-state index in [0.717, 1.165) is 11.1 Å². The fourth-order valence-electron chi connectivity index (χ4n) is 2.23. The van der Waals surface area contributed by atoms with Crippen LogP contribution in [0.5, 0.6) is 23.0 Å². The zero-order valence-electron chi connectivity index (χ0n) is 15.2. The third kappa shape index (κ3) is 5.47. The quantitative estimate of drug-likeness (QED) is 0.665. The molecule has 2 aromatic rings. The maximum Gasteiger partial charge on any atom is 0.508 e. The summed E-state index contributed by atoms with van der Waals surface area (Å²) < 4.78 is 31.0. The molecule has 0 unspecified atom stereocenters. The molecule has 0 spiro atoms. The Bertz CT molecular complexity index is 637. The lowest BCUT2D eigenvalue weighted by Gasteiger charge is -2.11. The lowest BCUT2D eigenvalue weighted by Crippen LogP contribution is -2.08. The molecular formula is C19H22O7. The van der Waals surface area contributed by atoms with Crippen molar-refractivity contribution in [3.63, 3.8) is 0 Å². The number of methoxy groups -OCH3 is 4. The largest absolute Gasteiger partial charge is 0.508 e. The van der Waals surface area contributed by atoms with Crippen LogP contribution in [-0.4, -0.2) is 34.6 Å². The fraction of sp³-hybridized carbons (Fsp3) is 0.316. The molecule has 0 aliphatic rings. The van der Waals surface area contributed by atoms with E-state index in [1.807, 2.05) is 0 Å². The Morgan fingerprint density at radius 2 is 0.923 bits per heavy atom. The summed E-state index contributed by atoms with van der Waals surface area (Å²) in [7, 11) is 6.21. The zero-order chi connectivity index (χ0) is 18.9. The molecule has 26 heavy (non-hydrogen) atoms. The van der Waals surface area contributed by atoms with Crippen molar-refractivity contribution in [2.24, 2.45) is 0 Å². The Labute approximate surface area is 152 Å². The Kier molecular flexibility index (Phi) is 6.96. The van der Waals surface area contributed by atoms with Gasteiger partial charge in [-0.15, -0.1) is 0 Å². The first-order valence-electron chi connectivity index (χ1n) is 7.81. The standard InChI is InChI=1S/C19H22O7/c1-21-15-5-13(6-16(9-15)22-2)11-25-19(20)26-12-14-7-17(23-3)10-18(8-14)24-4/h5-10H,11-12H2,1-4H3. The summed E-state index contributed by atoms with van der Waals surface area (Å²) in [6.07, 6.45) is -0.784. The monoisotopic (exact) mass is 362 g/mol. The van der Waals surface area contributed by atoms with Crippen LogP contribution in [0.1, 0.15) is 11.1 Å². The van der Waals surface area contributed by atoms with Crippen molar-refractivity contribution in [2.45, 2.75) is 13.2 Å². The van der Waals surface area contributed by atoms with Crippen molar-refractivity contribution in [1.82, 2.24) is 0 Å². The average Bonchev–Trinajstić information content (AvgIpc) is 2.69. The lowest BCUT2D eigenvalue weighted by atomic mass is 10.2. The molecule has 0 fully saturated rings. The topological polar surface area (TPSA) is 72.5 Å². The summed E-state index contributed by atoms with van der Waals surface area (Å²) in [5.74, 6) is 2.44. The van der Waals surface area contributed by atoms with Crippen LogP contribution in [0.2, 0.25) is 0 Å². The van der Waals surface area contributed by atoms with Crippen molar-refractivity contribution >= 4 is 6.16 Å². The SMILES string of the molecule is COc1cc(COC(=O)OCc2cc(OC)cc(OC)c2)cc(OC)c1. The highest BCUT2D eigenvalue weighted by Gasteiger charge is 2.09. The fourth-order valence-corrected chi connectivity index (χ4v) is 2.23. The van der Waals surface area contributed by atoms with Gasteiger partial charge in [0.25, 0.3) is 0 Å². The van der Waals surface area contributed by atoms with Crippen molar-refractivity contribution in [2.75, 3.05) is 28.4 Å². The van der Waals surface area contributed by atoms with E-state index >= 15 is 0 Å². The summed E-state index contributed by atoms with van der Waals surface area (Å²) in [5.41, 5.74) is 1.45. The number of ether oxygens (including phenoxy) is 6. The van der Waals surface area contributed by atoms with Crippen LogP contribution in [-0.2, 0) is 22.7 Å². The molecular weight excluding hydrogens is 340 g/mol. The molecule has 2 aromatic carbocycles. The number of hydrogen-bond donors (Lipinski definition) is 0. The molecule has 0 N–H and O–H groups in total. The van der Waals surface area contributed by atoms with Gasteiger partial charge >= 0.3 is 6.16 Å². The van der Waals surface area contributed by atoms with Gasteiger partial charge in [0.15, 0.2) is 0 Å². The maximum absolute atomic E-state index is 11.8. The van der Waals surface area contributed by atoms with Gasteiger partial charge < -0.3 is 28.4 Å². The van der Waals surface area contributed by atoms with Gasteiger partial charge in [0.05, 0.1) is 28.4 Å². The second-order valence-corrected chi connectivity index (χ2v) is 5.27. The first-order valence-corrected chi connectivity index (χ1v) is 7.81. The minimum Gasteiger partial charge on any atom is -0.497 e. The predicted octanol–water partition coefficient (Wildman–Crippen LogP) is 3.57. The number of benzene rings is 2. The molecule has 0 saturated carbocycles. The molecule has 2 rings (SSSR count). The minimum atomic E-state index is -0.784. The molecule has 140 valence electrons. The molecule has 7 heteroatoms. The van der Waals surface area contributed by atoms with Crippen LogP contribution in [0, 0.1) is 0 Å². The summed E-state index contributed by atoms with van der Waals surface area (Å²) >= 11 is 0. The molecule has 0 bridgehead atoms. The highest BCUT2D eigenvalue weighted by molar-refractivity contribution is 5.60. The summed E-state index contributed by atoms with van der Waals surface area (Å²) in [6, 6.07) is 10.5. The third-order valence-electron chi connectivity index (χ3n) is 3.54. The van der Waals surface area contributed by atoms with Crippen LogP contribution in [0.4, 0.5) is 4.79 Å². The molecule has 0 aliphatic carbocycles. The smallest absolute Gasteiger partial charge is 0.497 e. The van der Waals surface area contributed by atoms with E-state index < -0.39 is 6.16 Å². The van der Waals surface area contributed by atoms with Crippen molar-refractivity contribution in [1.29, 1.82) is 0 Å². The van der Waals surface area contributed by atoms with Crippen LogP contribution in [0.3, 0.4) is 0 Å². The Balaban J connectivity index is 1.91. The van der Waals surface area contributed by atoms with Gasteiger partial charge in [-0.3, -0.25) is 0 Å². The zero-order valence-corrected chi connectivity index (χ0v) is 15.2. The van der Waals surface area contributed by atoms with E-state index in [1.54, 1.807) is 64.8 Å². The predicted molar refractivity (Wildman–Crippen MR) is 94.1 cm³/mol. The Morgan fingerprint density at radius 3 is 1.19 bits per heavy atom. The van der Waals surface area contributed by atoms with E-state index in [-0.39, 0.29) is 13.2 Å². The lowest BCUT2D eigenvalue weighted by molar-refractivity contribution is 0.0444. The first-order chi connectivity index (χ1) is 12.6. The van der Waals surface area contributed by atoms with E-state index in [9.17, 15) is 4.79 Å². The number of carbonyl (C=O) groups excluding carboxylic acids is 1. The van der Waals surface area contributed by atoms with Gasteiger partial charge in [0, 0.05) is 12.1 Å². The van der Waals surface area contributed by atoms with Gasteiger partial charge in [-0.05, 0) is 35.4 Å². The number of hydrogen-bond acceptors (Lipinski definition) is 7. The van der Waals surface area contributed by atoms with Crippen molar-refractivity contribution in [3.8, 4) is 23.0 Å². The van der Waals surface area contributed by atoms with E-state index in [1.165, 1.54) is 0 Å². The Morgan fingerprint density at radius 1 is 0.615 bits per heavy atom. The van der Waals surface area contributed by atoms with Gasteiger partial charge in [-0.25, -0.2) is 4.79 Å². The van der Waals surface area contributed by atoms with E-state index in [4.69, 9.17) is 28.4 Å². The van der Waals surface area contributed by atoms with Crippen molar-refractivity contribution < 1.29 is 33.2 Å². The highest BCUT2D eigenvalue weighted by atomic mass is 16.7. The van der Waals surface area contributed by atoms with Crippen molar-refractivity contribution in [3.05, 3.63) is 47.5 Å². The van der Waals surface area contributed by atoms with Gasteiger partial charge in [-0.2, -0.15) is 0 Å². The third-order valence-corrected chi connectivity index (χ3v) is 3.54. The molecule has 0 aromatic heterocycles. The number of carbonyl (C=O) groups is 1. The van der Waals surface area contributed by atoms with Crippen LogP contribution in [0.25, 0.3) is 0 Å². The minimum absolute atomic E-state index is 0.0355. The summed E-state index contributed by atoms with van der Waals surface area (Å²) in [4.78, 5) is 11.8. The molecule has 0 radical (unpaired) electrons. The summed E-state index contributed by atoms with van der Waals surface area (Å²) in [5, 5.41) is 0. The molecule has 0 atom stereocenters. The van der Waals surface area contributed by atoms with Gasteiger partial charge in [-0.1, -0.05) is 0 Å². The molecule has 0 heterocycles. The molecule has 0 saturated heterocycles. The highest BCUT2D eigenvalue weighted by Crippen LogP contribution is 2.24. The molecule has 0 amide bonds. The first kappa shape index (κ1) is 19.2. The Hall–Kier alpha value is -3.09. The number of rotatable bonds is 8. The van der Waals surface area contributed by atoms with E-state index in [0.29, 0.717) is 23.0 Å². The molecule has 7 nitrogen and oxygen atoms in total. The average molecular weight is 362 g/mol. The van der Waals surface area contributed by atoms with Gasteiger partial charge in [0.2, 0.25) is 0 Å². The maximum atomic E-state index is 11.8. The molecule has 0 aliphatic heterocycles. The van der Waals surface area contributed by atoms with Crippen LogP contribution in [0.15, 0.2) is 36.4 Å². The second-order valence-electron chi connectivity index (χ2n) is 5.27. The van der Waals surface area contributed by atoms with Crippen LogP contribution >= 0.6 is 0 Å². The second kappa shape index (κ2) is 9.41. The normalized spacial score (nSPS) is 10.0. The van der Waals surface area contributed by atoms with E-state index in [2.05, 4.69) is 0 Å². The summed E-state index contributed by atoms with van der Waals surface area (Å²) in [6.45, 7) is 0.0711.